The summed E-state index contributed by atoms with van der Waals surface area (Å²) >= 11 is 0. The molecular formula is C21H25N3O5. The second-order valence-electron chi connectivity index (χ2n) is 6.74. The maximum Gasteiger partial charge on any atom is 0.213 e. The Morgan fingerprint density at radius 2 is 2.07 bits per heavy atom. The van der Waals surface area contributed by atoms with Crippen molar-refractivity contribution in [2.24, 2.45) is 0 Å². The van der Waals surface area contributed by atoms with Crippen molar-refractivity contribution in [3.63, 3.8) is 0 Å². The van der Waals surface area contributed by atoms with Crippen molar-refractivity contribution in [1.29, 1.82) is 0 Å². The Bertz CT molecular complexity index is 892. The molecule has 29 heavy (non-hydrogen) atoms. The molecule has 2 aromatic rings. The first-order valence-corrected chi connectivity index (χ1v) is 9.23. The molecule has 3 rings (SSSR count). The quantitative estimate of drug-likeness (QED) is 0.495. The molecule has 0 radical (unpaired) electrons. The number of ether oxygens (including phenoxy) is 4. The lowest BCUT2D eigenvalue weighted by Crippen LogP contribution is -2.13. The number of rotatable bonds is 8. The monoisotopic (exact) mass is 399 g/mol. The second kappa shape index (κ2) is 9.49. The zero-order valence-electron chi connectivity index (χ0n) is 17.0. The van der Waals surface area contributed by atoms with Crippen LogP contribution in [-0.4, -0.2) is 55.1 Å². The summed E-state index contributed by atoms with van der Waals surface area (Å²) in [5.74, 6) is 0.794. The summed E-state index contributed by atoms with van der Waals surface area (Å²) in [5, 5.41) is 0. The first kappa shape index (κ1) is 20.8. The normalized spacial score (nSPS) is 14.7. The third-order valence-electron chi connectivity index (χ3n) is 4.26. The summed E-state index contributed by atoms with van der Waals surface area (Å²) in [6.45, 7) is 2.93. The van der Waals surface area contributed by atoms with Gasteiger partial charge in [0.2, 0.25) is 11.7 Å². The molecule has 1 aliphatic rings. The van der Waals surface area contributed by atoms with Gasteiger partial charge in [-0.05, 0) is 13.0 Å². The second-order valence-corrected chi connectivity index (χ2v) is 6.74. The molecular weight excluding hydrogens is 374 g/mol. The number of pyridine rings is 2. The van der Waals surface area contributed by atoms with Crippen molar-refractivity contribution in [1.82, 2.24) is 14.9 Å². The van der Waals surface area contributed by atoms with Crippen LogP contribution >= 0.6 is 0 Å². The lowest BCUT2D eigenvalue weighted by Gasteiger charge is -2.17. The molecule has 1 aliphatic heterocycles. The molecule has 154 valence electrons. The van der Waals surface area contributed by atoms with Crippen molar-refractivity contribution >= 4 is 5.78 Å². The zero-order chi connectivity index (χ0) is 20.8. The molecule has 1 fully saturated rings. The average molecular weight is 399 g/mol. The Labute approximate surface area is 170 Å². The van der Waals surface area contributed by atoms with E-state index in [0.29, 0.717) is 47.2 Å². The predicted octanol–water partition coefficient (Wildman–Crippen LogP) is 2.76. The Morgan fingerprint density at radius 1 is 1.31 bits per heavy atom. The highest BCUT2D eigenvalue weighted by molar-refractivity contribution is 6.07. The topological polar surface area (TPSA) is 83.0 Å². The minimum atomic E-state index is -0.540. The van der Waals surface area contributed by atoms with E-state index in [2.05, 4.69) is 9.97 Å². The molecule has 0 saturated carbocycles. The number of nitrogens with zero attached hydrogens (tertiary/aromatic N) is 3. The van der Waals surface area contributed by atoms with E-state index >= 15 is 0 Å². The van der Waals surface area contributed by atoms with Gasteiger partial charge in [-0.1, -0.05) is 6.07 Å². The van der Waals surface area contributed by atoms with Gasteiger partial charge in [-0.3, -0.25) is 9.78 Å². The number of allylic oxidation sites excluding steroid dienone is 1. The Hall–Kier alpha value is -2.97. The van der Waals surface area contributed by atoms with Crippen LogP contribution in [0, 0.1) is 0 Å². The van der Waals surface area contributed by atoms with Crippen LogP contribution in [0.15, 0.2) is 42.4 Å². The minimum Gasteiger partial charge on any atom is -0.487 e. The molecule has 0 aliphatic carbocycles. The van der Waals surface area contributed by atoms with Crippen LogP contribution in [0.1, 0.15) is 34.8 Å². The Morgan fingerprint density at radius 3 is 2.76 bits per heavy atom. The van der Waals surface area contributed by atoms with Crippen LogP contribution in [0.25, 0.3) is 0 Å². The lowest BCUT2D eigenvalue weighted by atomic mass is 10.1. The van der Waals surface area contributed by atoms with E-state index in [-0.39, 0.29) is 12.4 Å². The smallest absolute Gasteiger partial charge is 0.213 e. The van der Waals surface area contributed by atoms with Crippen LogP contribution in [0.5, 0.6) is 11.6 Å². The molecule has 8 nitrogen and oxygen atoms in total. The van der Waals surface area contributed by atoms with Gasteiger partial charge in [0.05, 0.1) is 32.1 Å². The summed E-state index contributed by atoms with van der Waals surface area (Å²) in [5.41, 5.74) is 2.32. The highest BCUT2D eigenvalue weighted by Crippen LogP contribution is 2.33. The van der Waals surface area contributed by atoms with E-state index in [4.69, 9.17) is 18.9 Å². The van der Waals surface area contributed by atoms with E-state index in [0.717, 1.165) is 0 Å². The molecule has 0 aromatic carbocycles. The first-order chi connectivity index (χ1) is 14.0. The van der Waals surface area contributed by atoms with E-state index < -0.39 is 6.29 Å². The molecule has 0 unspecified atom stereocenters. The van der Waals surface area contributed by atoms with Crippen molar-refractivity contribution in [2.45, 2.75) is 19.8 Å². The third-order valence-corrected chi connectivity index (χ3v) is 4.26. The SMILES string of the molecule is COc1cc(C2OCCO2)c(OCc2cccnc2C(=O)/C(C)=C/N(C)C)cn1. The third kappa shape index (κ3) is 5.10. The molecule has 0 atom stereocenters. The number of hydrogen-bond acceptors (Lipinski definition) is 8. The number of methoxy groups -OCH3 is 1. The number of Topliss-reactive ketones (excluding diaryl/α,β-unsaturated/α-hetero) is 1. The van der Waals surface area contributed by atoms with Gasteiger partial charge in [0, 0.05) is 43.7 Å². The summed E-state index contributed by atoms with van der Waals surface area (Å²) in [6.07, 6.45) is 4.39. The molecule has 0 N–H and O–H groups in total. The number of carbonyl (C=O) groups is 1. The fraction of sp³-hybridized carbons (Fsp3) is 0.381. The van der Waals surface area contributed by atoms with Crippen LogP contribution < -0.4 is 9.47 Å². The Kier molecular flexibility index (Phi) is 6.79. The van der Waals surface area contributed by atoms with Crippen molar-refractivity contribution in [3.05, 3.63) is 59.2 Å². The van der Waals surface area contributed by atoms with Crippen LogP contribution in [-0.2, 0) is 16.1 Å². The molecule has 8 heteroatoms. The van der Waals surface area contributed by atoms with E-state index in [1.54, 1.807) is 44.8 Å². The van der Waals surface area contributed by atoms with Gasteiger partial charge in [-0.2, -0.15) is 0 Å². The van der Waals surface area contributed by atoms with Crippen molar-refractivity contribution in [2.75, 3.05) is 34.4 Å². The summed E-state index contributed by atoms with van der Waals surface area (Å²) in [7, 11) is 5.27. The van der Waals surface area contributed by atoms with Gasteiger partial charge in [0.25, 0.3) is 0 Å². The van der Waals surface area contributed by atoms with E-state index in [1.807, 2.05) is 25.1 Å². The first-order valence-electron chi connectivity index (χ1n) is 9.23. The van der Waals surface area contributed by atoms with Gasteiger partial charge in [0.1, 0.15) is 18.1 Å². The summed E-state index contributed by atoms with van der Waals surface area (Å²) in [6, 6.07) is 5.32. The number of aromatic nitrogens is 2. The lowest BCUT2D eigenvalue weighted by molar-refractivity contribution is -0.0461. The predicted molar refractivity (Wildman–Crippen MR) is 106 cm³/mol. The Balaban J connectivity index is 1.83. The molecule has 0 bridgehead atoms. The largest absolute Gasteiger partial charge is 0.487 e. The maximum atomic E-state index is 12.8. The number of ketones is 1. The average Bonchev–Trinajstić information content (AvgIpc) is 3.26. The van der Waals surface area contributed by atoms with Crippen LogP contribution in [0.4, 0.5) is 0 Å². The summed E-state index contributed by atoms with van der Waals surface area (Å²) < 4.78 is 22.4. The molecule has 0 spiro atoms. The molecule has 2 aromatic heterocycles. The molecule has 3 heterocycles. The number of carbonyl (C=O) groups excluding carboxylic acids is 1. The fourth-order valence-corrected chi connectivity index (χ4v) is 2.94. The van der Waals surface area contributed by atoms with Crippen molar-refractivity contribution < 1.29 is 23.7 Å². The summed E-state index contributed by atoms with van der Waals surface area (Å²) in [4.78, 5) is 23.1. The van der Waals surface area contributed by atoms with E-state index in [9.17, 15) is 4.79 Å². The highest BCUT2D eigenvalue weighted by atomic mass is 16.7. The van der Waals surface area contributed by atoms with E-state index in [1.165, 1.54) is 0 Å². The van der Waals surface area contributed by atoms with Gasteiger partial charge >= 0.3 is 0 Å². The van der Waals surface area contributed by atoms with Gasteiger partial charge in [-0.15, -0.1) is 0 Å². The van der Waals surface area contributed by atoms with Crippen molar-refractivity contribution in [3.8, 4) is 11.6 Å². The molecule has 0 amide bonds. The van der Waals surface area contributed by atoms with Gasteiger partial charge < -0.3 is 23.8 Å². The zero-order valence-corrected chi connectivity index (χ0v) is 17.0. The fourth-order valence-electron chi connectivity index (χ4n) is 2.94. The van der Waals surface area contributed by atoms with Gasteiger partial charge in [-0.25, -0.2) is 4.98 Å². The van der Waals surface area contributed by atoms with Crippen LogP contribution in [0.3, 0.4) is 0 Å². The van der Waals surface area contributed by atoms with Crippen LogP contribution in [0.2, 0.25) is 0 Å². The highest BCUT2D eigenvalue weighted by Gasteiger charge is 2.24. The van der Waals surface area contributed by atoms with Gasteiger partial charge in [0.15, 0.2) is 6.29 Å². The maximum absolute atomic E-state index is 12.8. The number of hydrogen-bond donors (Lipinski definition) is 0. The molecule has 1 saturated heterocycles. The minimum absolute atomic E-state index is 0.145. The standard InChI is InChI=1S/C21H25N3O5/c1-14(12-24(2)3)20(25)19-15(6-5-7-22-19)13-29-17-11-23-18(26-4)10-16(17)21-27-8-9-28-21/h5-7,10-12,21H,8-9,13H2,1-4H3/b14-12+.